The van der Waals surface area contributed by atoms with Crippen molar-refractivity contribution in [2.45, 2.75) is 31.4 Å². The van der Waals surface area contributed by atoms with Gasteiger partial charge in [0.05, 0.1) is 12.5 Å². The fraction of sp³-hybridized carbons (Fsp3) is 0.429. The van der Waals surface area contributed by atoms with Gasteiger partial charge in [0.25, 0.3) is 0 Å². The Bertz CT molecular complexity index is 482. The fourth-order valence-corrected chi connectivity index (χ4v) is 2.44. The molecule has 1 aliphatic heterocycles. The zero-order valence-corrected chi connectivity index (χ0v) is 12.4. The summed E-state index contributed by atoms with van der Waals surface area (Å²) in [5.74, 6) is -1.19. The third kappa shape index (κ3) is 4.05. The number of carboxylic acids is 1. The number of hydrogen-bond acceptors (Lipinski definition) is 3. The lowest BCUT2D eigenvalue weighted by Gasteiger charge is -2.19. The van der Waals surface area contributed by atoms with Crippen molar-refractivity contribution in [1.82, 2.24) is 5.32 Å². The van der Waals surface area contributed by atoms with Gasteiger partial charge in [-0.25, -0.2) is 0 Å². The highest BCUT2D eigenvalue weighted by molar-refractivity contribution is 9.10. The average Bonchev–Trinajstić information content (AvgIpc) is 2.92. The van der Waals surface area contributed by atoms with E-state index in [1.54, 1.807) is 12.1 Å². The van der Waals surface area contributed by atoms with Crippen LogP contribution in [0.4, 0.5) is 0 Å². The van der Waals surface area contributed by atoms with E-state index in [2.05, 4.69) is 21.2 Å². The summed E-state index contributed by atoms with van der Waals surface area (Å²) in [6.45, 7) is 0.583. The zero-order valence-electron chi connectivity index (χ0n) is 10.8. The van der Waals surface area contributed by atoms with Crippen LogP contribution in [0.3, 0.4) is 0 Å². The van der Waals surface area contributed by atoms with Gasteiger partial charge in [-0.15, -0.1) is 0 Å². The van der Waals surface area contributed by atoms with Crippen molar-refractivity contribution >= 4 is 27.8 Å². The van der Waals surface area contributed by atoms with E-state index in [0.717, 1.165) is 16.5 Å². The van der Waals surface area contributed by atoms with Gasteiger partial charge in [-0.05, 0) is 30.5 Å². The number of carbonyl (C=O) groups excluding carboxylic acids is 1. The first-order chi connectivity index (χ1) is 9.56. The summed E-state index contributed by atoms with van der Waals surface area (Å²) in [7, 11) is 0. The number of nitrogens with one attached hydrogen (secondary N) is 1. The monoisotopic (exact) mass is 341 g/mol. The molecule has 0 radical (unpaired) electrons. The van der Waals surface area contributed by atoms with Crippen molar-refractivity contribution in [3.8, 4) is 0 Å². The first kappa shape index (κ1) is 15.0. The van der Waals surface area contributed by atoms with Gasteiger partial charge in [0.1, 0.15) is 6.10 Å². The number of amides is 1. The number of rotatable bonds is 5. The molecule has 5 nitrogen and oxygen atoms in total. The Morgan fingerprint density at radius 1 is 1.40 bits per heavy atom. The lowest BCUT2D eigenvalue weighted by atomic mass is 10.0. The van der Waals surface area contributed by atoms with Crippen molar-refractivity contribution in [2.24, 2.45) is 0 Å². The average molecular weight is 342 g/mol. The van der Waals surface area contributed by atoms with Gasteiger partial charge >= 0.3 is 5.97 Å². The topological polar surface area (TPSA) is 75.6 Å². The van der Waals surface area contributed by atoms with Crippen molar-refractivity contribution in [3.05, 3.63) is 34.3 Å². The summed E-state index contributed by atoms with van der Waals surface area (Å²) in [5, 5.41) is 11.8. The molecule has 1 saturated heterocycles. The normalized spacial score (nSPS) is 19.6. The van der Waals surface area contributed by atoms with Crippen LogP contribution in [0.25, 0.3) is 0 Å². The molecule has 108 valence electrons. The lowest BCUT2D eigenvalue weighted by molar-refractivity contribution is -0.138. The molecule has 1 heterocycles. The van der Waals surface area contributed by atoms with E-state index in [1.807, 2.05) is 12.1 Å². The molecule has 0 spiro atoms. The molecule has 0 aromatic heterocycles. The molecule has 2 atom stereocenters. The Labute approximate surface area is 125 Å². The predicted octanol–water partition coefficient (Wildman–Crippen LogP) is 2.26. The Kier molecular flexibility index (Phi) is 5.14. The number of aliphatic carboxylic acids is 1. The van der Waals surface area contributed by atoms with Gasteiger partial charge in [0.15, 0.2) is 0 Å². The number of hydrogen-bond donors (Lipinski definition) is 2. The van der Waals surface area contributed by atoms with Crippen LogP contribution in [-0.4, -0.2) is 29.7 Å². The summed E-state index contributed by atoms with van der Waals surface area (Å²) in [5.41, 5.74) is 0.766. The fourth-order valence-electron chi connectivity index (χ4n) is 2.17. The number of benzene rings is 1. The molecule has 1 unspecified atom stereocenters. The van der Waals surface area contributed by atoms with Crippen molar-refractivity contribution in [1.29, 1.82) is 0 Å². The molecule has 2 N–H and O–H groups in total. The van der Waals surface area contributed by atoms with Gasteiger partial charge in [-0.3, -0.25) is 9.59 Å². The number of halogens is 1. The van der Waals surface area contributed by atoms with E-state index in [4.69, 9.17) is 9.84 Å². The van der Waals surface area contributed by atoms with E-state index in [-0.39, 0.29) is 12.3 Å². The molecule has 1 aromatic rings. The van der Waals surface area contributed by atoms with Crippen LogP contribution in [0.1, 0.15) is 30.9 Å². The van der Waals surface area contributed by atoms with Gasteiger partial charge in [-0.2, -0.15) is 0 Å². The smallest absolute Gasteiger partial charge is 0.305 e. The predicted molar refractivity (Wildman–Crippen MR) is 76.3 cm³/mol. The standard InChI is InChI=1S/C14H16BrNO4/c15-10-5-3-9(4-6-10)11(8-13(17)18)16-14(19)12-2-1-7-20-12/h3-6,11-12H,1-2,7-8H2,(H,16,19)(H,17,18)/t11?,12-/m0/s1. The minimum Gasteiger partial charge on any atom is -0.481 e. The van der Waals surface area contributed by atoms with Gasteiger partial charge in [0.2, 0.25) is 5.91 Å². The summed E-state index contributed by atoms with van der Waals surface area (Å²) in [6, 6.07) is 6.70. The third-order valence-corrected chi connectivity index (χ3v) is 3.72. The van der Waals surface area contributed by atoms with E-state index in [1.165, 1.54) is 0 Å². The van der Waals surface area contributed by atoms with Crippen molar-refractivity contribution in [3.63, 3.8) is 0 Å². The Balaban J connectivity index is 2.08. The highest BCUT2D eigenvalue weighted by atomic mass is 79.9. The maximum absolute atomic E-state index is 12.0. The van der Waals surface area contributed by atoms with Crippen LogP contribution < -0.4 is 5.32 Å². The Morgan fingerprint density at radius 3 is 2.65 bits per heavy atom. The molecule has 6 heteroatoms. The van der Waals surface area contributed by atoms with Crippen LogP contribution in [0.15, 0.2) is 28.7 Å². The Hall–Kier alpha value is -1.40. The first-order valence-electron chi connectivity index (χ1n) is 6.45. The maximum Gasteiger partial charge on any atom is 0.305 e. The van der Waals surface area contributed by atoms with E-state index in [9.17, 15) is 9.59 Å². The largest absolute Gasteiger partial charge is 0.481 e. The molecule has 1 fully saturated rings. The van der Waals surface area contributed by atoms with Crippen molar-refractivity contribution in [2.75, 3.05) is 6.61 Å². The van der Waals surface area contributed by atoms with E-state index >= 15 is 0 Å². The highest BCUT2D eigenvalue weighted by Crippen LogP contribution is 2.21. The summed E-state index contributed by atoms with van der Waals surface area (Å²) >= 11 is 3.33. The molecule has 1 aliphatic rings. The number of carbonyl (C=O) groups is 2. The molecule has 0 bridgehead atoms. The SMILES string of the molecule is O=C(O)CC(NC(=O)[C@@H]1CCCO1)c1ccc(Br)cc1. The first-order valence-corrected chi connectivity index (χ1v) is 7.25. The number of carboxylic acid groups (broad SMARTS) is 1. The molecule has 1 aromatic carbocycles. The van der Waals surface area contributed by atoms with E-state index < -0.39 is 18.1 Å². The van der Waals surface area contributed by atoms with Gasteiger partial charge < -0.3 is 15.2 Å². The molecule has 20 heavy (non-hydrogen) atoms. The van der Waals surface area contributed by atoms with Crippen LogP contribution >= 0.6 is 15.9 Å². The molecule has 1 amide bonds. The molecular weight excluding hydrogens is 326 g/mol. The molecular formula is C14H16BrNO4. The summed E-state index contributed by atoms with van der Waals surface area (Å²) < 4.78 is 6.21. The van der Waals surface area contributed by atoms with Crippen molar-refractivity contribution < 1.29 is 19.4 Å². The highest BCUT2D eigenvalue weighted by Gasteiger charge is 2.27. The van der Waals surface area contributed by atoms with Crippen LogP contribution in [0.2, 0.25) is 0 Å². The van der Waals surface area contributed by atoms with Crippen LogP contribution in [0, 0.1) is 0 Å². The lowest BCUT2D eigenvalue weighted by Crippen LogP contribution is -2.37. The number of ether oxygens (including phenoxy) is 1. The maximum atomic E-state index is 12.0. The van der Waals surface area contributed by atoms with Gasteiger partial charge in [0, 0.05) is 11.1 Å². The quantitative estimate of drug-likeness (QED) is 0.861. The third-order valence-electron chi connectivity index (χ3n) is 3.19. The summed E-state index contributed by atoms with van der Waals surface area (Å²) in [4.78, 5) is 23.0. The van der Waals surface area contributed by atoms with Gasteiger partial charge in [-0.1, -0.05) is 28.1 Å². The Morgan fingerprint density at radius 2 is 2.10 bits per heavy atom. The summed E-state index contributed by atoms with van der Waals surface area (Å²) in [6.07, 6.45) is 0.938. The van der Waals surface area contributed by atoms with E-state index in [0.29, 0.717) is 13.0 Å². The zero-order chi connectivity index (χ0) is 14.5. The molecule has 0 aliphatic carbocycles. The minimum absolute atomic E-state index is 0.153. The second-order valence-corrected chi connectivity index (χ2v) is 5.63. The second-order valence-electron chi connectivity index (χ2n) is 4.71. The molecule has 2 rings (SSSR count). The minimum atomic E-state index is -0.953. The molecule has 0 saturated carbocycles. The van der Waals surface area contributed by atoms with Crippen LogP contribution in [-0.2, 0) is 14.3 Å². The van der Waals surface area contributed by atoms with Crippen LogP contribution in [0.5, 0.6) is 0 Å². The second kappa shape index (κ2) is 6.85.